The molecule has 118 valence electrons. The Balaban J connectivity index is 2.94. The Hall–Kier alpha value is -1.76. The first-order chi connectivity index (χ1) is 9.47. The SMILES string of the molecule is COC(=O)C(C)(C)n1cc(NC(=O)OC(C)(C)C)c(Cl)n1. The second kappa shape index (κ2) is 5.93. The topological polar surface area (TPSA) is 82.5 Å². The van der Waals surface area contributed by atoms with Crippen molar-refractivity contribution in [3.8, 4) is 0 Å². The highest BCUT2D eigenvalue weighted by Crippen LogP contribution is 2.25. The number of ether oxygens (including phenoxy) is 2. The summed E-state index contributed by atoms with van der Waals surface area (Å²) in [5, 5.41) is 6.55. The van der Waals surface area contributed by atoms with Gasteiger partial charge in [-0.15, -0.1) is 0 Å². The number of amides is 1. The molecule has 1 aromatic rings. The average Bonchev–Trinajstić information content (AvgIpc) is 2.68. The molecule has 0 bridgehead atoms. The van der Waals surface area contributed by atoms with Crippen molar-refractivity contribution in [1.82, 2.24) is 9.78 Å². The molecule has 1 aromatic heterocycles. The predicted molar refractivity (Wildman–Crippen MR) is 78.4 cm³/mol. The summed E-state index contributed by atoms with van der Waals surface area (Å²) in [5.74, 6) is -0.481. The average molecular weight is 318 g/mol. The molecule has 0 fully saturated rings. The smallest absolute Gasteiger partial charge is 0.412 e. The molecule has 0 atom stereocenters. The maximum absolute atomic E-state index is 11.7. The van der Waals surface area contributed by atoms with Gasteiger partial charge in [-0.2, -0.15) is 5.10 Å². The molecule has 1 N–H and O–H groups in total. The fourth-order valence-corrected chi connectivity index (χ4v) is 1.66. The van der Waals surface area contributed by atoms with Gasteiger partial charge in [-0.1, -0.05) is 11.6 Å². The van der Waals surface area contributed by atoms with Crippen LogP contribution in [0.25, 0.3) is 0 Å². The minimum absolute atomic E-state index is 0.0536. The third-order valence-corrected chi connectivity index (χ3v) is 2.84. The number of rotatable bonds is 3. The van der Waals surface area contributed by atoms with Crippen molar-refractivity contribution in [2.45, 2.75) is 45.8 Å². The lowest BCUT2D eigenvalue weighted by Crippen LogP contribution is -2.37. The fraction of sp³-hybridized carbons (Fsp3) is 0.615. The minimum Gasteiger partial charge on any atom is -0.467 e. The number of nitrogens with zero attached hydrogens (tertiary/aromatic N) is 2. The number of esters is 1. The van der Waals surface area contributed by atoms with Gasteiger partial charge in [0, 0.05) is 0 Å². The molecule has 21 heavy (non-hydrogen) atoms. The van der Waals surface area contributed by atoms with Crippen molar-refractivity contribution >= 4 is 29.4 Å². The van der Waals surface area contributed by atoms with Gasteiger partial charge in [0.05, 0.1) is 13.3 Å². The first-order valence-electron chi connectivity index (χ1n) is 6.31. The normalized spacial score (nSPS) is 12.0. The Morgan fingerprint density at radius 2 is 1.86 bits per heavy atom. The van der Waals surface area contributed by atoms with Gasteiger partial charge in [0.15, 0.2) is 10.7 Å². The Labute approximate surface area is 128 Å². The zero-order valence-electron chi connectivity index (χ0n) is 13.0. The minimum atomic E-state index is -1.05. The van der Waals surface area contributed by atoms with E-state index in [2.05, 4.69) is 10.4 Å². The zero-order chi connectivity index (χ0) is 16.4. The van der Waals surface area contributed by atoms with Gasteiger partial charge in [0.1, 0.15) is 11.3 Å². The van der Waals surface area contributed by atoms with Gasteiger partial charge in [0.25, 0.3) is 0 Å². The highest BCUT2D eigenvalue weighted by Gasteiger charge is 2.33. The lowest BCUT2D eigenvalue weighted by molar-refractivity contribution is -0.150. The maximum Gasteiger partial charge on any atom is 0.412 e. The molecule has 1 amide bonds. The summed E-state index contributed by atoms with van der Waals surface area (Å²) in [6, 6.07) is 0. The molecule has 0 aliphatic rings. The highest BCUT2D eigenvalue weighted by molar-refractivity contribution is 6.32. The molecule has 0 unspecified atom stereocenters. The molecule has 8 heteroatoms. The number of halogens is 1. The molecular weight excluding hydrogens is 298 g/mol. The van der Waals surface area contributed by atoms with Crippen LogP contribution in [0.2, 0.25) is 5.15 Å². The summed E-state index contributed by atoms with van der Waals surface area (Å²) in [6.07, 6.45) is 0.795. The molecule has 0 saturated heterocycles. The quantitative estimate of drug-likeness (QED) is 0.867. The highest BCUT2D eigenvalue weighted by atomic mass is 35.5. The number of hydrogen-bond acceptors (Lipinski definition) is 5. The second-order valence-corrected chi connectivity index (χ2v) is 6.31. The van der Waals surface area contributed by atoms with Crippen molar-refractivity contribution in [2.75, 3.05) is 12.4 Å². The van der Waals surface area contributed by atoms with E-state index in [4.69, 9.17) is 21.1 Å². The monoisotopic (exact) mass is 317 g/mol. The molecule has 0 aliphatic carbocycles. The van der Waals surface area contributed by atoms with Gasteiger partial charge in [-0.25, -0.2) is 9.59 Å². The van der Waals surface area contributed by atoms with Crippen LogP contribution in [0, 0.1) is 0 Å². The van der Waals surface area contributed by atoms with Crippen LogP contribution in [0.3, 0.4) is 0 Å². The van der Waals surface area contributed by atoms with E-state index in [1.807, 2.05) is 0 Å². The van der Waals surface area contributed by atoms with Crippen LogP contribution in [0.4, 0.5) is 10.5 Å². The van der Waals surface area contributed by atoms with Gasteiger partial charge in [-0.3, -0.25) is 10.00 Å². The van der Waals surface area contributed by atoms with Gasteiger partial charge in [-0.05, 0) is 34.6 Å². The van der Waals surface area contributed by atoms with E-state index >= 15 is 0 Å². The lowest BCUT2D eigenvalue weighted by Gasteiger charge is -2.21. The largest absolute Gasteiger partial charge is 0.467 e. The van der Waals surface area contributed by atoms with Gasteiger partial charge in [0.2, 0.25) is 0 Å². The van der Waals surface area contributed by atoms with E-state index in [0.29, 0.717) is 0 Å². The summed E-state index contributed by atoms with van der Waals surface area (Å²) in [5.41, 5.74) is -1.42. The van der Waals surface area contributed by atoms with Gasteiger partial charge >= 0.3 is 12.1 Å². The van der Waals surface area contributed by atoms with Crippen molar-refractivity contribution < 1.29 is 19.1 Å². The molecule has 7 nitrogen and oxygen atoms in total. The van der Waals surface area contributed by atoms with E-state index in [1.54, 1.807) is 34.6 Å². The van der Waals surface area contributed by atoms with Crippen LogP contribution in [-0.4, -0.2) is 34.6 Å². The molecular formula is C13H20ClN3O4. The van der Waals surface area contributed by atoms with Crippen LogP contribution in [0.1, 0.15) is 34.6 Å². The first kappa shape index (κ1) is 17.3. The van der Waals surface area contributed by atoms with E-state index < -0.39 is 23.2 Å². The van der Waals surface area contributed by atoms with Crippen molar-refractivity contribution in [2.24, 2.45) is 0 Å². The number of anilines is 1. The Kier molecular flexibility index (Phi) is 4.88. The third-order valence-electron chi connectivity index (χ3n) is 2.56. The third kappa shape index (κ3) is 4.35. The Morgan fingerprint density at radius 3 is 2.33 bits per heavy atom. The lowest BCUT2D eigenvalue weighted by atomic mass is 10.1. The number of carbonyl (C=O) groups excluding carboxylic acids is 2. The number of aromatic nitrogens is 2. The standard InChI is InChI=1S/C13H20ClN3O4/c1-12(2,3)21-11(19)15-8-7-17(16-9(8)14)13(4,5)10(18)20-6/h7H,1-6H3,(H,15,19). The zero-order valence-corrected chi connectivity index (χ0v) is 13.7. The van der Waals surface area contributed by atoms with E-state index in [9.17, 15) is 9.59 Å². The first-order valence-corrected chi connectivity index (χ1v) is 6.69. The second-order valence-electron chi connectivity index (χ2n) is 5.96. The number of hydrogen-bond donors (Lipinski definition) is 1. The summed E-state index contributed by atoms with van der Waals surface area (Å²) in [4.78, 5) is 23.4. The van der Waals surface area contributed by atoms with Crippen molar-refractivity contribution in [3.63, 3.8) is 0 Å². The van der Waals surface area contributed by atoms with Crippen LogP contribution >= 0.6 is 11.6 Å². The molecule has 0 aromatic carbocycles. The fourth-order valence-electron chi connectivity index (χ4n) is 1.48. The molecule has 0 aliphatic heterocycles. The van der Waals surface area contributed by atoms with Crippen LogP contribution in [0.5, 0.6) is 0 Å². The van der Waals surface area contributed by atoms with Crippen LogP contribution in [0.15, 0.2) is 6.20 Å². The summed E-state index contributed by atoms with van der Waals surface area (Å²) < 4.78 is 11.2. The number of carbonyl (C=O) groups is 2. The van der Waals surface area contributed by atoms with Gasteiger partial charge < -0.3 is 9.47 Å². The molecule has 0 saturated carbocycles. The number of nitrogens with one attached hydrogen (secondary N) is 1. The molecule has 1 heterocycles. The number of methoxy groups -OCH3 is 1. The molecule has 0 radical (unpaired) electrons. The van der Waals surface area contributed by atoms with Crippen LogP contribution < -0.4 is 5.32 Å². The molecule has 0 spiro atoms. The van der Waals surface area contributed by atoms with E-state index in [0.717, 1.165) is 0 Å². The van der Waals surface area contributed by atoms with Crippen molar-refractivity contribution in [3.05, 3.63) is 11.3 Å². The predicted octanol–water partition coefficient (Wildman–Crippen LogP) is 2.79. The Bertz CT molecular complexity index is 546. The molecule has 1 rings (SSSR count). The maximum atomic E-state index is 11.7. The van der Waals surface area contributed by atoms with Crippen LogP contribution in [-0.2, 0) is 19.8 Å². The summed E-state index contributed by atoms with van der Waals surface area (Å²) >= 11 is 5.96. The van der Waals surface area contributed by atoms with E-state index in [1.165, 1.54) is 18.0 Å². The Morgan fingerprint density at radius 1 is 1.29 bits per heavy atom. The van der Waals surface area contributed by atoms with E-state index in [-0.39, 0.29) is 10.8 Å². The van der Waals surface area contributed by atoms with Crippen molar-refractivity contribution in [1.29, 1.82) is 0 Å². The summed E-state index contributed by atoms with van der Waals surface area (Å²) in [6.45, 7) is 8.49. The summed E-state index contributed by atoms with van der Waals surface area (Å²) in [7, 11) is 1.29.